The molecule has 0 amide bonds. The van der Waals surface area contributed by atoms with Gasteiger partial charge in [-0.15, -0.1) is 11.8 Å². The minimum absolute atomic E-state index is 0.274. The van der Waals surface area contributed by atoms with E-state index in [1.807, 2.05) is 67.6 Å². The van der Waals surface area contributed by atoms with Crippen LogP contribution in [0.2, 0.25) is 0 Å². The van der Waals surface area contributed by atoms with Crippen LogP contribution in [0.15, 0.2) is 82.1 Å². The summed E-state index contributed by atoms with van der Waals surface area (Å²) in [5, 5.41) is 10.3. The molecule has 170 valence electrons. The Morgan fingerprint density at radius 1 is 1.03 bits per heavy atom. The Morgan fingerprint density at radius 3 is 2.65 bits per heavy atom. The second-order valence-corrected chi connectivity index (χ2v) is 8.87. The molecule has 34 heavy (non-hydrogen) atoms. The monoisotopic (exact) mass is 470 g/mol. The third-order valence-corrected chi connectivity index (χ3v) is 6.55. The van der Waals surface area contributed by atoms with Crippen LogP contribution < -0.4 is 4.74 Å². The van der Waals surface area contributed by atoms with Gasteiger partial charge < -0.3 is 14.3 Å². The van der Waals surface area contributed by atoms with Crippen LogP contribution in [0, 0.1) is 0 Å². The Balaban J connectivity index is 1.22. The highest BCUT2D eigenvalue weighted by Crippen LogP contribution is 2.29. The first-order valence-corrected chi connectivity index (χ1v) is 11.9. The van der Waals surface area contributed by atoms with Gasteiger partial charge in [0.25, 0.3) is 0 Å². The molecule has 5 rings (SSSR count). The number of benzene rings is 3. The van der Waals surface area contributed by atoms with Crippen molar-refractivity contribution in [1.82, 2.24) is 9.97 Å². The maximum Gasteiger partial charge on any atom is 0.392 e. The molecule has 6 nitrogen and oxygen atoms in total. The maximum absolute atomic E-state index is 11.2. The van der Waals surface area contributed by atoms with E-state index in [9.17, 15) is 4.79 Å². The second-order valence-electron chi connectivity index (χ2n) is 7.82. The number of carbonyl (C=O) groups is 1. The number of para-hydroxylation sites is 1. The summed E-state index contributed by atoms with van der Waals surface area (Å²) < 4.78 is 11.3. The van der Waals surface area contributed by atoms with E-state index < -0.39 is 5.97 Å². The van der Waals surface area contributed by atoms with Crippen LogP contribution in [0.3, 0.4) is 0 Å². The number of oxazole rings is 1. The molecular formula is C27H22N2O4S. The third kappa shape index (κ3) is 4.75. The number of rotatable bonds is 8. The fourth-order valence-corrected chi connectivity index (χ4v) is 4.58. The van der Waals surface area contributed by atoms with E-state index in [0.717, 1.165) is 50.5 Å². The molecule has 0 bridgehead atoms. The number of hydrogen-bond donors (Lipinski definition) is 1. The Kier molecular flexibility index (Phi) is 6.18. The SMILES string of the molecule is CCc1cc(CSc2ccc(OCc3ccc4ccccc4n3)cc2)cc2oc(C(=O)O)nc12. The molecular weight excluding hydrogens is 448 g/mol. The Hall–Kier alpha value is -3.84. The Morgan fingerprint density at radius 2 is 1.85 bits per heavy atom. The van der Waals surface area contributed by atoms with Crippen LogP contribution in [0.1, 0.15) is 34.4 Å². The summed E-state index contributed by atoms with van der Waals surface area (Å²) in [6, 6.07) is 24.0. The minimum Gasteiger partial charge on any atom is -0.487 e. The molecule has 7 heteroatoms. The molecule has 0 saturated heterocycles. The highest BCUT2D eigenvalue weighted by atomic mass is 32.2. The first-order valence-electron chi connectivity index (χ1n) is 10.9. The van der Waals surface area contributed by atoms with Gasteiger partial charge in [-0.25, -0.2) is 14.8 Å². The van der Waals surface area contributed by atoms with Crippen LogP contribution in [0.25, 0.3) is 22.0 Å². The van der Waals surface area contributed by atoms with Gasteiger partial charge in [0, 0.05) is 16.0 Å². The van der Waals surface area contributed by atoms with E-state index >= 15 is 0 Å². The molecule has 0 atom stereocenters. The average molecular weight is 471 g/mol. The first kappa shape index (κ1) is 22.0. The van der Waals surface area contributed by atoms with Gasteiger partial charge in [0.15, 0.2) is 5.58 Å². The van der Waals surface area contributed by atoms with Crippen molar-refractivity contribution < 1.29 is 19.1 Å². The lowest BCUT2D eigenvalue weighted by Crippen LogP contribution is -1.98. The molecule has 0 saturated carbocycles. The van der Waals surface area contributed by atoms with E-state index in [2.05, 4.69) is 22.1 Å². The molecule has 0 unspecified atom stereocenters. The third-order valence-electron chi connectivity index (χ3n) is 5.47. The van der Waals surface area contributed by atoms with Crippen molar-refractivity contribution in [3.8, 4) is 5.75 Å². The number of pyridine rings is 1. The quantitative estimate of drug-likeness (QED) is 0.259. The number of ether oxygens (including phenoxy) is 1. The Labute approximate surface area is 200 Å². The molecule has 2 heterocycles. The van der Waals surface area contributed by atoms with Gasteiger partial charge in [0.05, 0.1) is 11.2 Å². The predicted molar refractivity (Wildman–Crippen MR) is 132 cm³/mol. The number of fused-ring (bicyclic) bond motifs is 2. The number of aromatic nitrogens is 2. The van der Waals surface area contributed by atoms with Crippen molar-refractivity contribution >= 4 is 39.7 Å². The number of aromatic carboxylic acids is 1. The van der Waals surface area contributed by atoms with Crippen LogP contribution in [0.5, 0.6) is 5.75 Å². The minimum atomic E-state index is -1.16. The number of carboxylic acids is 1. The zero-order valence-electron chi connectivity index (χ0n) is 18.5. The topological polar surface area (TPSA) is 85.5 Å². The molecule has 0 aliphatic rings. The molecule has 5 aromatic rings. The van der Waals surface area contributed by atoms with Gasteiger partial charge in [-0.3, -0.25) is 0 Å². The molecule has 1 N–H and O–H groups in total. The largest absolute Gasteiger partial charge is 0.487 e. The van der Waals surface area contributed by atoms with Crippen molar-refractivity contribution in [2.45, 2.75) is 30.6 Å². The average Bonchev–Trinajstić information content (AvgIpc) is 3.31. The van der Waals surface area contributed by atoms with Crippen molar-refractivity contribution in [1.29, 1.82) is 0 Å². The Bertz CT molecular complexity index is 1480. The van der Waals surface area contributed by atoms with E-state index in [4.69, 9.17) is 14.3 Å². The van der Waals surface area contributed by atoms with E-state index in [0.29, 0.717) is 17.7 Å². The lowest BCUT2D eigenvalue weighted by Gasteiger charge is -2.08. The standard InChI is InChI=1S/C27H22N2O4S/c1-2-18-13-17(14-24-25(18)29-26(33-24)27(30)31)16-34-22-11-9-21(10-12-22)32-15-20-8-7-19-5-3-4-6-23(19)28-20/h3-14H,2,15-16H2,1H3,(H,30,31). The summed E-state index contributed by atoms with van der Waals surface area (Å²) in [7, 11) is 0. The van der Waals surface area contributed by atoms with Crippen LogP contribution >= 0.6 is 11.8 Å². The maximum atomic E-state index is 11.2. The molecule has 0 radical (unpaired) electrons. The van der Waals surface area contributed by atoms with Crippen molar-refractivity contribution in [2.75, 3.05) is 0 Å². The fraction of sp³-hybridized carbons (Fsp3) is 0.148. The van der Waals surface area contributed by atoms with Crippen molar-refractivity contribution in [3.63, 3.8) is 0 Å². The summed E-state index contributed by atoms with van der Waals surface area (Å²) in [5.74, 6) is 0.0847. The van der Waals surface area contributed by atoms with Crippen molar-refractivity contribution in [2.24, 2.45) is 0 Å². The van der Waals surface area contributed by atoms with Gasteiger partial charge in [0.1, 0.15) is 17.9 Å². The van der Waals surface area contributed by atoms with Gasteiger partial charge in [-0.2, -0.15) is 0 Å². The smallest absolute Gasteiger partial charge is 0.392 e. The number of aryl methyl sites for hydroxylation is 1. The van der Waals surface area contributed by atoms with E-state index in [1.54, 1.807) is 11.8 Å². The van der Waals surface area contributed by atoms with E-state index in [1.165, 1.54) is 0 Å². The van der Waals surface area contributed by atoms with Gasteiger partial charge in [-0.1, -0.05) is 37.3 Å². The zero-order valence-corrected chi connectivity index (χ0v) is 19.3. The van der Waals surface area contributed by atoms with Crippen LogP contribution in [-0.2, 0) is 18.8 Å². The lowest BCUT2D eigenvalue weighted by molar-refractivity contribution is 0.0656. The lowest BCUT2D eigenvalue weighted by atomic mass is 10.1. The normalized spacial score (nSPS) is 11.2. The summed E-state index contributed by atoms with van der Waals surface area (Å²) in [6.07, 6.45) is 0.749. The summed E-state index contributed by atoms with van der Waals surface area (Å²) >= 11 is 1.69. The van der Waals surface area contributed by atoms with Crippen LogP contribution in [0.4, 0.5) is 0 Å². The molecule has 2 aromatic heterocycles. The highest BCUT2D eigenvalue weighted by molar-refractivity contribution is 7.98. The predicted octanol–water partition coefficient (Wildman–Crippen LogP) is 6.51. The molecule has 0 fully saturated rings. The zero-order chi connectivity index (χ0) is 23.5. The molecule has 0 spiro atoms. The fourth-order valence-electron chi connectivity index (χ4n) is 3.75. The number of nitrogens with zero attached hydrogens (tertiary/aromatic N) is 2. The van der Waals surface area contributed by atoms with Crippen molar-refractivity contribution in [3.05, 3.63) is 95.5 Å². The number of hydrogen-bond acceptors (Lipinski definition) is 6. The van der Waals surface area contributed by atoms with Gasteiger partial charge in [-0.05, 0) is 60.0 Å². The first-order chi connectivity index (χ1) is 16.6. The van der Waals surface area contributed by atoms with E-state index in [-0.39, 0.29) is 5.89 Å². The summed E-state index contributed by atoms with van der Waals surface area (Å²) in [5.41, 5.74) is 5.03. The summed E-state index contributed by atoms with van der Waals surface area (Å²) in [6.45, 7) is 2.43. The summed E-state index contributed by atoms with van der Waals surface area (Å²) in [4.78, 5) is 21.1. The molecule has 0 aliphatic heterocycles. The molecule has 0 aliphatic carbocycles. The van der Waals surface area contributed by atoms with Gasteiger partial charge in [0.2, 0.25) is 0 Å². The molecule has 3 aromatic carbocycles. The van der Waals surface area contributed by atoms with Gasteiger partial charge >= 0.3 is 11.9 Å². The number of thioether (sulfide) groups is 1. The highest BCUT2D eigenvalue weighted by Gasteiger charge is 2.16. The van der Waals surface area contributed by atoms with Crippen LogP contribution in [-0.4, -0.2) is 21.0 Å². The second kappa shape index (κ2) is 9.57. The number of carboxylic acid groups (broad SMARTS) is 1.